The zero-order chi connectivity index (χ0) is 19.1. The third-order valence-electron chi connectivity index (χ3n) is 3.40. The van der Waals surface area contributed by atoms with E-state index in [0.717, 1.165) is 5.56 Å². The molecule has 1 aromatic heterocycles. The molecule has 0 aliphatic heterocycles. The summed E-state index contributed by atoms with van der Waals surface area (Å²) < 4.78 is 4.85. The standard InChI is InChI=1S/C17H19N3O5S/c1-11-7-14(19-25-11)18-15(21)9-26-10-16(22)20(2)8-12-3-5-13(6-4-12)17(23)24/h3-7H,8-10H2,1-2H3,(H,23,24)(H,18,19,21). The first-order valence-corrected chi connectivity index (χ1v) is 8.87. The molecule has 8 nitrogen and oxygen atoms in total. The van der Waals surface area contributed by atoms with Gasteiger partial charge in [-0.25, -0.2) is 4.79 Å². The van der Waals surface area contributed by atoms with Crippen LogP contribution in [0.2, 0.25) is 0 Å². The van der Waals surface area contributed by atoms with E-state index in [1.165, 1.54) is 28.8 Å². The van der Waals surface area contributed by atoms with Gasteiger partial charge in [0.1, 0.15) is 5.76 Å². The third-order valence-corrected chi connectivity index (χ3v) is 4.32. The molecule has 0 radical (unpaired) electrons. The quantitative estimate of drug-likeness (QED) is 0.723. The van der Waals surface area contributed by atoms with Crippen molar-refractivity contribution in [2.45, 2.75) is 13.5 Å². The largest absolute Gasteiger partial charge is 0.478 e. The summed E-state index contributed by atoms with van der Waals surface area (Å²) in [5, 5.41) is 15.1. The summed E-state index contributed by atoms with van der Waals surface area (Å²) in [5.74, 6) is -0.141. The molecular weight excluding hydrogens is 358 g/mol. The van der Waals surface area contributed by atoms with E-state index in [4.69, 9.17) is 9.63 Å². The Morgan fingerprint density at radius 2 is 1.92 bits per heavy atom. The zero-order valence-electron chi connectivity index (χ0n) is 14.4. The summed E-state index contributed by atoms with van der Waals surface area (Å²) in [7, 11) is 1.66. The van der Waals surface area contributed by atoms with Crippen LogP contribution in [0.5, 0.6) is 0 Å². The molecule has 0 bridgehead atoms. The number of thioether (sulfide) groups is 1. The number of carboxylic acids is 1. The fourth-order valence-electron chi connectivity index (χ4n) is 2.06. The molecule has 0 aliphatic carbocycles. The van der Waals surface area contributed by atoms with Crippen LogP contribution in [0, 0.1) is 6.92 Å². The number of aromatic nitrogens is 1. The van der Waals surface area contributed by atoms with Gasteiger partial charge in [-0.1, -0.05) is 17.3 Å². The van der Waals surface area contributed by atoms with Crippen molar-refractivity contribution in [1.29, 1.82) is 0 Å². The molecule has 1 heterocycles. The highest BCUT2D eigenvalue weighted by atomic mass is 32.2. The van der Waals surface area contributed by atoms with Crippen LogP contribution in [-0.2, 0) is 16.1 Å². The Hall–Kier alpha value is -2.81. The van der Waals surface area contributed by atoms with Crippen molar-refractivity contribution in [2.24, 2.45) is 0 Å². The summed E-state index contributed by atoms with van der Waals surface area (Å²) in [6, 6.07) is 7.96. The molecule has 0 aliphatic rings. The van der Waals surface area contributed by atoms with Crippen molar-refractivity contribution in [1.82, 2.24) is 10.1 Å². The fraction of sp³-hybridized carbons (Fsp3) is 0.294. The number of carboxylic acid groups (broad SMARTS) is 1. The van der Waals surface area contributed by atoms with Crippen LogP contribution in [-0.4, -0.2) is 51.5 Å². The average molecular weight is 377 g/mol. The van der Waals surface area contributed by atoms with E-state index in [1.54, 1.807) is 32.2 Å². The molecule has 0 fully saturated rings. The number of aryl methyl sites for hydroxylation is 1. The fourth-order valence-corrected chi connectivity index (χ4v) is 2.81. The Bertz CT molecular complexity index is 788. The summed E-state index contributed by atoms with van der Waals surface area (Å²) in [4.78, 5) is 36.2. The van der Waals surface area contributed by atoms with Crippen molar-refractivity contribution in [2.75, 3.05) is 23.9 Å². The number of nitrogens with zero attached hydrogens (tertiary/aromatic N) is 2. The van der Waals surface area contributed by atoms with Gasteiger partial charge in [0.25, 0.3) is 0 Å². The highest BCUT2D eigenvalue weighted by molar-refractivity contribution is 8.00. The number of nitrogens with one attached hydrogen (secondary N) is 1. The number of carbonyl (C=O) groups is 3. The number of rotatable bonds is 8. The second-order valence-electron chi connectivity index (χ2n) is 5.62. The van der Waals surface area contributed by atoms with Gasteiger partial charge in [-0.05, 0) is 24.6 Å². The summed E-state index contributed by atoms with van der Waals surface area (Å²) in [5.41, 5.74) is 1.03. The number of benzene rings is 1. The van der Waals surface area contributed by atoms with Gasteiger partial charge >= 0.3 is 5.97 Å². The van der Waals surface area contributed by atoms with E-state index in [-0.39, 0.29) is 28.9 Å². The molecule has 0 saturated carbocycles. The van der Waals surface area contributed by atoms with Crippen molar-refractivity contribution in [3.05, 3.63) is 47.2 Å². The van der Waals surface area contributed by atoms with Gasteiger partial charge in [-0.2, -0.15) is 0 Å². The predicted molar refractivity (Wildman–Crippen MR) is 97.1 cm³/mol. The van der Waals surface area contributed by atoms with Crippen LogP contribution >= 0.6 is 11.8 Å². The first-order chi connectivity index (χ1) is 12.3. The van der Waals surface area contributed by atoms with Crippen LogP contribution in [0.4, 0.5) is 5.82 Å². The Balaban J connectivity index is 1.72. The minimum Gasteiger partial charge on any atom is -0.478 e. The number of aromatic carboxylic acids is 1. The van der Waals surface area contributed by atoms with Crippen molar-refractivity contribution >= 4 is 35.4 Å². The number of hydrogen-bond donors (Lipinski definition) is 2. The molecule has 0 atom stereocenters. The number of anilines is 1. The maximum atomic E-state index is 12.1. The van der Waals surface area contributed by atoms with Gasteiger partial charge in [0.05, 0.1) is 17.1 Å². The zero-order valence-corrected chi connectivity index (χ0v) is 15.2. The van der Waals surface area contributed by atoms with Crippen LogP contribution in [0.1, 0.15) is 21.7 Å². The van der Waals surface area contributed by atoms with E-state index in [9.17, 15) is 14.4 Å². The molecule has 0 spiro atoms. The maximum Gasteiger partial charge on any atom is 0.335 e. The number of amides is 2. The molecule has 2 amide bonds. The van der Waals surface area contributed by atoms with Gasteiger partial charge in [0.2, 0.25) is 11.8 Å². The Morgan fingerprint density at radius 1 is 1.23 bits per heavy atom. The van der Waals surface area contributed by atoms with E-state index in [1.807, 2.05) is 0 Å². The number of carbonyl (C=O) groups excluding carboxylic acids is 2. The Morgan fingerprint density at radius 3 is 2.50 bits per heavy atom. The molecule has 0 unspecified atom stereocenters. The molecule has 138 valence electrons. The van der Waals surface area contributed by atoms with Gasteiger partial charge in [0.15, 0.2) is 5.82 Å². The number of hydrogen-bond acceptors (Lipinski definition) is 6. The van der Waals surface area contributed by atoms with Crippen molar-refractivity contribution in [3.63, 3.8) is 0 Å². The monoisotopic (exact) mass is 377 g/mol. The van der Waals surface area contributed by atoms with Crippen LogP contribution in [0.25, 0.3) is 0 Å². The predicted octanol–water partition coefficient (Wildman–Crippen LogP) is 2.01. The van der Waals surface area contributed by atoms with Crippen LogP contribution in [0.3, 0.4) is 0 Å². The second kappa shape index (κ2) is 9.04. The minimum absolute atomic E-state index is 0.123. The first-order valence-electron chi connectivity index (χ1n) is 7.72. The van der Waals surface area contributed by atoms with Gasteiger partial charge in [-0.15, -0.1) is 11.8 Å². The summed E-state index contributed by atoms with van der Waals surface area (Å²) in [6.45, 7) is 2.09. The lowest BCUT2D eigenvalue weighted by molar-refractivity contribution is -0.127. The molecule has 9 heteroatoms. The Labute approximate surface area is 154 Å². The molecule has 26 heavy (non-hydrogen) atoms. The minimum atomic E-state index is -0.989. The lowest BCUT2D eigenvalue weighted by atomic mass is 10.1. The lowest BCUT2D eigenvalue weighted by Crippen LogP contribution is -2.28. The third kappa shape index (κ3) is 5.92. The highest BCUT2D eigenvalue weighted by Gasteiger charge is 2.12. The molecular formula is C17H19N3O5S. The molecule has 0 saturated heterocycles. The van der Waals surface area contributed by atoms with Crippen molar-refractivity contribution < 1.29 is 24.0 Å². The summed E-state index contributed by atoms with van der Waals surface area (Å²) >= 11 is 1.20. The normalized spacial score (nSPS) is 10.4. The first kappa shape index (κ1) is 19.5. The lowest BCUT2D eigenvalue weighted by Gasteiger charge is -2.17. The average Bonchev–Trinajstić information content (AvgIpc) is 2.99. The Kier molecular flexibility index (Phi) is 6.79. The van der Waals surface area contributed by atoms with Crippen LogP contribution < -0.4 is 5.32 Å². The highest BCUT2D eigenvalue weighted by Crippen LogP contribution is 2.11. The maximum absolute atomic E-state index is 12.1. The molecule has 2 N–H and O–H groups in total. The van der Waals surface area contributed by atoms with E-state index >= 15 is 0 Å². The molecule has 1 aromatic carbocycles. The smallest absolute Gasteiger partial charge is 0.335 e. The molecule has 2 rings (SSSR count). The van der Waals surface area contributed by atoms with E-state index in [0.29, 0.717) is 18.1 Å². The SMILES string of the molecule is Cc1cc(NC(=O)CSCC(=O)N(C)Cc2ccc(C(=O)O)cc2)no1. The second-order valence-corrected chi connectivity index (χ2v) is 6.60. The van der Waals surface area contributed by atoms with Crippen molar-refractivity contribution in [3.8, 4) is 0 Å². The van der Waals surface area contributed by atoms with Gasteiger partial charge in [0, 0.05) is 19.7 Å². The van der Waals surface area contributed by atoms with Gasteiger partial charge in [-0.3, -0.25) is 9.59 Å². The summed E-state index contributed by atoms with van der Waals surface area (Å²) in [6.07, 6.45) is 0. The molecule has 2 aromatic rings. The van der Waals surface area contributed by atoms with Crippen LogP contribution in [0.15, 0.2) is 34.9 Å². The van der Waals surface area contributed by atoms with E-state index < -0.39 is 5.97 Å². The van der Waals surface area contributed by atoms with E-state index in [2.05, 4.69) is 10.5 Å². The van der Waals surface area contributed by atoms with Gasteiger partial charge < -0.3 is 19.8 Å². The topological polar surface area (TPSA) is 113 Å².